The lowest BCUT2D eigenvalue weighted by Crippen LogP contribution is -2.55. The van der Waals surface area contributed by atoms with E-state index in [4.69, 9.17) is 16.3 Å². The smallest absolute Gasteiger partial charge is 0.407 e. The summed E-state index contributed by atoms with van der Waals surface area (Å²) < 4.78 is 5.15. The van der Waals surface area contributed by atoms with Crippen LogP contribution in [0.2, 0.25) is 5.02 Å². The summed E-state index contributed by atoms with van der Waals surface area (Å²) in [6.07, 6.45) is -0.166. The first kappa shape index (κ1) is 24.0. The number of piperazine rings is 1. The molecule has 0 saturated carbocycles. The molecule has 1 aliphatic rings. The highest BCUT2D eigenvalue weighted by Crippen LogP contribution is 2.13. The van der Waals surface area contributed by atoms with E-state index in [1.165, 1.54) is 0 Å². The molecule has 3 amide bonds. The third kappa shape index (κ3) is 8.59. The molecule has 8 nitrogen and oxygen atoms in total. The number of rotatable bonds is 7. The highest BCUT2D eigenvalue weighted by Gasteiger charge is 2.27. The molecular weight excluding hydrogens is 408 g/mol. The molecule has 1 unspecified atom stereocenters. The molecule has 30 heavy (non-hydrogen) atoms. The van der Waals surface area contributed by atoms with E-state index in [-0.39, 0.29) is 24.8 Å². The van der Waals surface area contributed by atoms with Crippen LogP contribution in [0.3, 0.4) is 0 Å². The van der Waals surface area contributed by atoms with Gasteiger partial charge in [0, 0.05) is 50.6 Å². The lowest BCUT2D eigenvalue weighted by molar-refractivity contribution is -0.136. The largest absolute Gasteiger partial charge is 0.444 e. The third-order valence-electron chi connectivity index (χ3n) is 4.44. The maximum Gasteiger partial charge on any atom is 0.407 e. The van der Waals surface area contributed by atoms with Crippen molar-refractivity contribution in [2.75, 3.05) is 32.7 Å². The standard InChI is InChI=1S/C21H31ClN4O4/c1-21(2,3)30-20(29)24-9-8-18(27)25-17(14-15-4-6-16(22)7-5-15)19(28)26-12-10-23-11-13-26/h4-7,17,23H,8-14H2,1-3H3,(H,24,29)(H,25,27). The van der Waals surface area contributed by atoms with Gasteiger partial charge in [0.15, 0.2) is 0 Å². The van der Waals surface area contributed by atoms with E-state index in [9.17, 15) is 14.4 Å². The van der Waals surface area contributed by atoms with Crippen molar-refractivity contribution in [2.45, 2.75) is 45.3 Å². The summed E-state index contributed by atoms with van der Waals surface area (Å²) in [6, 6.07) is 6.53. The molecule has 1 atom stereocenters. The molecule has 166 valence electrons. The summed E-state index contributed by atoms with van der Waals surface area (Å²) in [5.74, 6) is -0.423. The topological polar surface area (TPSA) is 99.8 Å². The molecule has 1 fully saturated rings. The van der Waals surface area contributed by atoms with E-state index in [0.29, 0.717) is 24.5 Å². The van der Waals surface area contributed by atoms with Crippen LogP contribution in [0.25, 0.3) is 0 Å². The summed E-state index contributed by atoms with van der Waals surface area (Å²) >= 11 is 5.94. The molecule has 0 bridgehead atoms. The first-order valence-corrected chi connectivity index (χ1v) is 10.5. The Hall–Kier alpha value is -2.32. The number of carbonyl (C=O) groups excluding carboxylic acids is 3. The predicted molar refractivity (Wildman–Crippen MR) is 115 cm³/mol. The number of halogens is 1. The zero-order chi connectivity index (χ0) is 22.1. The highest BCUT2D eigenvalue weighted by atomic mass is 35.5. The summed E-state index contributed by atoms with van der Waals surface area (Å²) in [4.78, 5) is 38.9. The molecule has 1 aliphatic heterocycles. The fraction of sp³-hybridized carbons (Fsp3) is 0.571. The van der Waals surface area contributed by atoms with Crippen molar-refractivity contribution in [2.24, 2.45) is 0 Å². The van der Waals surface area contributed by atoms with Gasteiger partial charge in [-0.25, -0.2) is 4.79 Å². The maximum absolute atomic E-state index is 13.0. The third-order valence-corrected chi connectivity index (χ3v) is 4.69. The van der Waals surface area contributed by atoms with Crippen molar-refractivity contribution in [3.05, 3.63) is 34.9 Å². The van der Waals surface area contributed by atoms with E-state index < -0.39 is 17.7 Å². The number of benzene rings is 1. The fourth-order valence-corrected chi connectivity index (χ4v) is 3.15. The van der Waals surface area contributed by atoms with E-state index in [2.05, 4.69) is 16.0 Å². The van der Waals surface area contributed by atoms with Gasteiger partial charge in [0.25, 0.3) is 0 Å². The van der Waals surface area contributed by atoms with Gasteiger partial charge in [0.2, 0.25) is 11.8 Å². The van der Waals surface area contributed by atoms with Gasteiger partial charge in [-0.2, -0.15) is 0 Å². The Morgan fingerprint density at radius 3 is 2.40 bits per heavy atom. The number of carbonyl (C=O) groups is 3. The van der Waals surface area contributed by atoms with Crippen molar-refractivity contribution in [3.8, 4) is 0 Å². The van der Waals surface area contributed by atoms with Crippen LogP contribution < -0.4 is 16.0 Å². The molecule has 1 aromatic rings. The van der Waals surface area contributed by atoms with Crippen LogP contribution >= 0.6 is 11.6 Å². The average molecular weight is 439 g/mol. The lowest BCUT2D eigenvalue weighted by atomic mass is 10.0. The Labute approximate surface area is 182 Å². The van der Waals surface area contributed by atoms with Gasteiger partial charge in [-0.3, -0.25) is 9.59 Å². The van der Waals surface area contributed by atoms with Crippen LogP contribution in [0.15, 0.2) is 24.3 Å². The molecule has 0 radical (unpaired) electrons. The van der Waals surface area contributed by atoms with Gasteiger partial charge in [-0.05, 0) is 38.5 Å². The number of alkyl carbamates (subject to hydrolysis) is 1. The Bertz CT molecular complexity index is 728. The second-order valence-electron chi connectivity index (χ2n) is 8.20. The molecule has 0 spiro atoms. The minimum absolute atomic E-state index is 0.0468. The monoisotopic (exact) mass is 438 g/mol. The molecule has 1 saturated heterocycles. The van der Waals surface area contributed by atoms with E-state index in [0.717, 1.165) is 18.7 Å². The molecule has 1 heterocycles. The second-order valence-corrected chi connectivity index (χ2v) is 8.64. The number of hydrogen-bond acceptors (Lipinski definition) is 5. The lowest BCUT2D eigenvalue weighted by Gasteiger charge is -2.31. The molecule has 1 aromatic carbocycles. The van der Waals surface area contributed by atoms with Crippen LogP contribution in [0.1, 0.15) is 32.8 Å². The normalized spacial score (nSPS) is 15.3. The van der Waals surface area contributed by atoms with Gasteiger partial charge in [0.05, 0.1) is 0 Å². The Morgan fingerprint density at radius 1 is 1.17 bits per heavy atom. The van der Waals surface area contributed by atoms with E-state index >= 15 is 0 Å². The van der Waals surface area contributed by atoms with E-state index in [1.807, 2.05) is 12.1 Å². The van der Waals surface area contributed by atoms with E-state index in [1.54, 1.807) is 37.8 Å². The van der Waals surface area contributed by atoms with Gasteiger partial charge < -0.3 is 25.6 Å². The molecule has 0 aliphatic carbocycles. The van der Waals surface area contributed by atoms with Crippen LogP contribution in [-0.2, 0) is 20.7 Å². The quantitative estimate of drug-likeness (QED) is 0.601. The van der Waals surface area contributed by atoms with Crippen molar-refractivity contribution in [1.82, 2.24) is 20.9 Å². The van der Waals surface area contributed by atoms with Crippen molar-refractivity contribution < 1.29 is 19.1 Å². The summed E-state index contributed by atoms with van der Waals surface area (Å²) in [6.45, 7) is 8.09. The number of nitrogens with zero attached hydrogens (tertiary/aromatic N) is 1. The Kier molecular flexibility index (Phi) is 8.92. The number of hydrogen-bond donors (Lipinski definition) is 3. The Balaban J connectivity index is 1.94. The van der Waals surface area contributed by atoms with Crippen molar-refractivity contribution in [1.29, 1.82) is 0 Å². The minimum Gasteiger partial charge on any atom is -0.444 e. The minimum atomic E-state index is -0.682. The first-order valence-electron chi connectivity index (χ1n) is 10.1. The average Bonchev–Trinajstić information content (AvgIpc) is 2.68. The second kappa shape index (κ2) is 11.2. The van der Waals surface area contributed by atoms with Gasteiger partial charge in [-0.1, -0.05) is 23.7 Å². The summed E-state index contributed by atoms with van der Waals surface area (Å²) in [7, 11) is 0. The number of nitrogens with one attached hydrogen (secondary N) is 3. The molecule has 2 rings (SSSR count). The van der Waals surface area contributed by atoms with Crippen LogP contribution in [0.4, 0.5) is 4.79 Å². The zero-order valence-corrected chi connectivity index (χ0v) is 18.6. The van der Waals surface area contributed by atoms with Crippen LogP contribution in [0.5, 0.6) is 0 Å². The summed E-state index contributed by atoms with van der Waals surface area (Å²) in [5, 5.41) is 9.20. The zero-order valence-electron chi connectivity index (χ0n) is 17.8. The molecule has 9 heteroatoms. The SMILES string of the molecule is CC(C)(C)OC(=O)NCCC(=O)NC(Cc1ccc(Cl)cc1)C(=O)N1CCNCC1. The molecule has 0 aromatic heterocycles. The van der Waals surface area contributed by atoms with Gasteiger partial charge >= 0.3 is 6.09 Å². The van der Waals surface area contributed by atoms with Crippen molar-refractivity contribution in [3.63, 3.8) is 0 Å². The first-order chi connectivity index (χ1) is 14.1. The number of ether oxygens (including phenoxy) is 1. The fourth-order valence-electron chi connectivity index (χ4n) is 3.02. The van der Waals surface area contributed by atoms with Gasteiger partial charge in [0.1, 0.15) is 11.6 Å². The molecule has 3 N–H and O–H groups in total. The van der Waals surface area contributed by atoms with Crippen LogP contribution in [0, 0.1) is 0 Å². The highest BCUT2D eigenvalue weighted by molar-refractivity contribution is 6.30. The maximum atomic E-state index is 13.0. The number of amides is 3. The Morgan fingerprint density at radius 2 is 1.80 bits per heavy atom. The van der Waals surface area contributed by atoms with Crippen LogP contribution in [-0.4, -0.2) is 67.2 Å². The summed E-state index contributed by atoms with van der Waals surface area (Å²) in [5.41, 5.74) is 0.297. The predicted octanol–water partition coefficient (Wildman–Crippen LogP) is 1.71. The molecular formula is C21H31ClN4O4. The van der Waals surface area contributed by atoms with Crippen molar-refractivity contribution >= 4 is 29.5 Å². The van der Waals surface area contributed by atoms with Gasteiger partial charge in [-0.15, -0.1) is 0 Å².